The first-order valence-corrected chi connectivity index (χ1v) is 11.6. The SMILES string of the molecule is O=C(NCC(c1ccccc1)c1ccccc1)C1CCN(c2ncc(C(F)(F)F)cc2Cl)CC1. The maximum Gasteiger partial charge on any atom is 0.417 e. The van der Waals surface area contributed by atoms with Crippen LogP contribution in [0.1, 0.15) is 35.4 Å². The first kappa shape index (κ1) is 24.1. The number of hydrogen-bond acceptors (Lipinski definition) is 3. The largest absolute Gasteiger partial charge is 0.417 e. The highest BCUT2D eigenvalue weighted by Gasteiger charge is 2.33. The lowest BCUT2D eigenvalue weighted by molar-refractivity contribution is -0.137. The molecule has 3 aromatic rings. The van der Waals surface area contributed by atoms with Crippen LogP contribution in [0, 0.1) is 5.92 Å². The number of pyridine rings is 1. The molecule has 0 atom stereocenters. The number of alkyl halides is 3. The number of carbonyl (C=O) groups is 1. The fourth-order valence-electron chi connectivity index (χ4n) is 4.32. The number of nitrogens with zero attached hydrogens (tertiary/aromatic N) is 2. The molecule has 1 aliphatic rings. The van der Waals surface area contributed by atoms with Crippen molar-refractivity contribution in [3.05, 3.63) is 94.6 Å². The van der Waals surface area contributed by atoms with E-state index < -0.39 is 11.7 Å². The molecule has 1 saturated heterocycles. The Morgan fingerprint density at radius 3 is 2.09 bits per heavy atom. The number of amides is 1. The van der Waals surface area contributed by atoms with Crippen LogP contribution in [0.4, 0.5) is 19.0 Å². The third-order valence-corrected chi connectivity index (χ3v) is 6.48. The number of rotatable bonds is 6. The van der Waals surface area contributed by atoms with Gasteiger partial charge in [0.15, 0.2) is 0 Å². The first-order valence-electron chi connectivity index (χ1n) is 11.2. The van der Waals surface area contributed by atoms with Crippen molar-refractivity contribution >= 4 is 23.3 Å². The number of benzene rings is 2. The Hall–Kier alpha value is -3.06. The molecule has 1 aliphatic heterocycles. The maximum atomic E-state index is 12.9. The Labute approximate surface area is 201 Å². The molecule has 0 bridgehead atoms. The lowest BCUT2D eigenvalue weighted by Gasteiger charge is -2.33. The fraction of sp³-hybridized carbons (Fsp3) is 0.308. The van der Waals surface area contributed by atoms with Gasteiger partial charge in [0.05, 0.1) is 10.6 Å². The number of aromatic nitrogens is 1. The lowest BCUT2D eigenvalue weighted by atomic mass is 9.90. The van der Waals surface area contributed by atoms with E-state index in [1.807, 2.05) is 41.3 Å². The van der Waals surface area contributed by atoms with E-state index in [2.05, 4.69) is 34.6 Å². The third kappa shape index (κ3) is 5.70. The van der Waals surface area contributed by atoms with Gasteiger partial charge in [-0.25, -0.2) is 4.98 Å². The molecule has 0 aliphatic carbocycles. The molecule has 4 rings (SSSR count). The third-order valence-electron chi connectivity index (χ3n) is 6.20. The second-order valence-corrected chi connectivity index (χ2v) is 8.81. The van der Waals surface area contributed by atoms with E-state index in [4.69, 9.17) is 11.6 Å². The summed E-state index contributed by atoms with van der Waals surface area (Å²) in [7, 11) is 0. The molecule has 0 unspecified atom stereocenters. The van der Waals surface area contributed by atoms with Crippen LogP contribution < -0.4 is 10.2 Å². The van der Waals surface area contributed by atoms with Crippen molar-refractivity contribution in [3.8, 4) is 0 Å². The van der Waals surface area contributed by atoms with Crippen LogP contribution in [0.15, 0.2) is 72.9 Å². The Kier molecular flexibility index (Phi) is 7.41. The highest BCUT2D eigenvalue weighted by Crippen LogP contribution is 2.34. The zero-order chi connectivity index (χ0) is 24.1. The molecule has 0 spiro atoms. The van der Waals surface area contributed by atoms with Crippen molar-refractivity contribution < 1.29 is 18.0 Å². The summed E-state index contributed by atoms with van der Waals surface area (Å²) in [6.45, 7) is 1.48. The van der Waals surface area contributed by atoms with Gasteiger partial charge in [-0.3, -0.25) is 4.79 Å². The van der Waals surface area contributed by atoms with Gasteiger partial charge in [-0.15, -0.1) is 0 Å². The van der Waals surface area contributed by atoms with Gasteiger partial charge in [0.25, 0.3) is 0 Å². The molecule has 1 fully saturated rings. The molecule has 0 saturated carbocycles. The van der Waals surface area contributed by atoms with Crippen LogP contribution in [0.5, 0.6) is 0 Å². The Morgan fingerprint density at radius 2 is 1.59 bits per heavy atom. The van der Waals surface area contributed by atoms with Crippen molar-refractivity contribution in [3.63, 3.8) is 0 Å². The molecular formula is C26H25ClF3N3O. The molecule has 0 radical (unpaired) electrons. The lowest BCUT2D eigenvalue weighted by Crippen LogP contribution is -2.42. The van der Waals surface area contributed by atoms with Crippen LogP contribution in [-0.4, -0.2) is 30.5 Å². The Bertz CT molecular complexity index is 1060. The number of anilines is 1. The molecule has 8 heteroatoms. The van der Waals surface area contributed by atoms with Gasteiger partial charge in [0.1, 0.15) is 5.82 Å². The second kappa shape index (κ2) is 10.5. The molecule has 1 aromatic heterocycles. The number of piperidine rings is 1. The molecule has 1 amide bonds. The van der Waals surface area contributed by atoms with Crippen LogP contribution in [-0.2, 0) is 11.0 Å². The van der Waals surface area contributed by atoms with Crippen molar-refractivity contribution in [1.82, 2.24) is 10.3 Å². The minimum atomic E-state index is -4.49. The van der Waals surface area contributed by atoms with Crippen LogP contribution in [0.25, 0.3) is 0 Å². The number of nitrogens with one attached hydrogen (secondary N) is 1. The van der Waals surface area contributed by atoms with Crippen molar-refractivity contribution in [2.45, 2.75) is 24.9 Å². The molecule has 34 heavy (non-hydrogen) atoms. The molecule has 1 N–H and O–H groups in total. The number of hydrogen-bond donors (Lipinski definition) is 1. The first-order chi connectivity index (χ1) is 16.3. The maximum absolute atomic E-state index is 12.9. The summed E-state index contributed by atoms with van der Waals surface area (Å²) in [6, 6.07) is 21.0. The average molecular weight is 488 g/mol. The van der Waals surface area contributed by atoms with Gasteiger partial charge >= 0.3 is 6.18 Å². The van der Waals surface area contributed by atoms with Crippen molar-refractivity contribution in [1.29, 1.82) is 0 Å². The Morgan fingerprint density at radius 1 is 1.03 bits per heavy atom. The van der Waals surface area contributed by atoms with Gasteiger partial charge in [0.2, 0.25) is 5.91 Å². The average Bonchev–Trinajstić information content (AvgIpc) is 2.85. The van der Waals surface area contributed by atoms with Crippen LogP contribution >= 0.6 is 11.6 Å². The summed E-state index contributed by atoms with van der Waals surface area (Å²) < 4.78 is 38.6. The summed E-state index contributed by atoms with van der Waals surface area (Å²) in [5.41, 5.74) is 1.39. The van der Waals surface area contributed by atoms with E-state index in [-0.39, 0.29) is 22.8 Å². The standard InChI is InChI=1S/C26H25ClF3N3O/c27-23-15-21(26(28,29)30)16-31-24(23)33-13-11-20(12-14-33)25(34)32-17-22(18-7-3-1-4-8-18)19-9-5-2-6-10-19/h1-10,15-16,20,22H,11-14,17H2,(H,32,34). The predicted octanol–water partition coefficient (Wildman–Crippen LogP) is 5.92. The van der Waals surface area contributed by atoms with Gasteiger partial charge < -0.3 is 10.2 Å². The highest BCUT2D eigenvalue weighted by molar-refractivity contribution is 6.33. The molecule has 4 nitrogen and oxygen atoms in total. The molecule has 178 valence electrons. The van der Waals surface area contributed by atoms with E-state index in [1.54, 1.807) is 0 Å². The summed E-state index contributed by atoms with van der Waals surface area (Å²) in [5, 5.41) is 3.08. The van der Waals surface area contributed by atoms with E-state index in [0.29, 0.717) is 38.3 Å². The molecule has 2 aromatic carbocycles. The monoisotopic (exact) mass is 487 g/mol. The van der Waals surface area contributed by atoms with Crippen LogP contribution in [0.2, 0.25) is 5.02 Å². The van der Waals surface area contributed by atoms with E-state index in [1.165, 1.54) is 0 Å². The second-order valence-electron chi connectivity index (χ2n) is 8.41. The van der Waals surface area contributed by atoms with Gasteiger partial charge in [-0.2, -0.15) is 13.2 Å². The van der Waals surface area contributed by atoms with Gasteiger partial charge in [0, 0.05) is 37.7 Å². The number of carbonyl (C=O) groups excluding carboxylic acids is 1. The summed E-state index contributed by atoms with van der Waals surface area (Å²) in [5.74, 6) is 0.183. The van der Waals surface area contributed by atoms with E-state index in [9.17, 15) is 18.0 Å². The molecule has 2 heterocycles. The fourth-order valence-corrected chi connectivity index (χ4v) is 4.60. The predicted molar refractivity (Wildman–Crippen MR) is 127 cm³/mol. The summed E-state index contributed by atoms with van der Waals surface area (Å²) in [4.78, 5) is 18.7. The topological polar surface area (TPSA) is 45.2 Å². The number of halogens is 4. The molecular weight excluding hydrogens is 463 g/mol. The van der Waals surface area contributed by atoms with Crippen molar-refractivity contribution in [2.75, 3.05) is 24.5 Å². The summed E-state index contributed by atoms with van der Waals surface area (Å²) >= 11 is 6.09. The highest BCUT2D eigenvalue weighted by atomic mass is 35.5. The van der Waals surface area contributed by atoms with E-state index >= 15 is 0 Å². The zero-order valence-electron chi connectivity index (χ0n) is 18.4. The minimum absolute atomic E-state index is 0.0111. The summed E-state index contributed by atoms with van der Waals surface area (Å²) in [6.07, 6.45) is -2.54. The Balaban J connectivity index is 1.36. The van der Waals surface area contributed by atoms with Gasteiger partial charge in [-0.1, -0.05) is 72.3 Å². The van der Waals surface area contributed by atoms with Crippen molar-refractivity contribution in [2.24, 2.45) is 5.92 Å². The van der Waals surface area contributed by atoms with E-state index in [0.717, 1.165) is 23.4 Å². The minimum Gasteiger partial charge on any atom is -0.355 e. The quantitative estimate of drug-likeness (QED) is 0.469. The zero-order valence-corrected chi connectivity index (χ0v) is 19.2. The normalized spacial score (nSPS) is 14.9. The van der Waals surface area contributed by atoms with Crippen LogP contribution in [0.3, 0.4) is 0 Å². The smallest absolute Gasteiger partial charge is 0.355 e. The van der Waals surface area contributed by atoms with Gasteiger partial charge in [-0.05, 0) is 30.0 Å².